The number of aromatic nitrogens is 2. The largest absolute Gasteiger partial charge is 0.382 e. The minimum Gasteiger partial charge on any atom is -0.382 e. The molecule has 2 N–H and O–H groups in total. The molecule has 1 heterocycles. The molecule has 5 heteroatoms. The van der Waals surface area contributed by atoms with Gasteiger partial charge in [0.15, 0.2) is 5.82 Å². The molecule has 0 spiro atoms. The fraction of sp³-hybridized carbons (Fsp3) is 0.556. The number of nitrogens with one attached hydrogen (secondary N) is 2. The predicted molar refractivity (Wildman–Crippen MR) is 54.4 cm³/mol. The first-order valence-electron chi connectivity index (χ1n) is 4.36. The van der Waals surface area contributed by atoms with Gasteiger partial charge in [-0.2, -0.15) is 0 Å². The van der Waals surface area contributed by atoms with Gasteiger partial charge >= 0.3 is 0 Å². The second-order valence-electron chi connectivity index (χ2n) is 3.71. The van der Waals surface area contributed by atoms with Crippen LogP contribution in [0, 0.1) is 0 Å². The molecular weight excluding hydrogens is 182 g/mol. The van der Waals surface area contributed by atoms with Crippen molar-refractivity contribution in [2.45, 2.75) is 19.4 Å². The van der Waals surface area contributed by atoms with Gasteiger partial charge in [0.1, 0.15) is 0 Å². The summed E-state index contributed by atoms with van der Waals surface area (Å²) in [6.45, 7) is 4.37. The number of nitrogens with zero attached hydrogens (tertiary/aromatic N) is 1. The summed E-state index contributed by atoms with van der Waals surface area (Å²) in [4.78, 5) is 17.8. The van der Waals surface area contributed by atoms with Crippen molar-refractivity contribution in [3.8, 4) is 0 Å². The fourth-order valence-corrected chi connectivity index (χ4v) is 1.16. The molecule has 1 aromatic heterocycles. The first-order chi connectivity index (χ1) is 6.55. The van der Waals surface area contributed by atoms with Crippen LogP contribution in [0.4, 0.5) is 5.82 Å². The summed E-state index contributed by atoms with van der Waals surface area (Å²) in [5.74, 6) is 0.314. The SMILES string of the molecule is COCC(C)(C)Nc1ncc[nH]c1=O. The number of hydrogen-bond acceptors (Lipinski definition) is 4. The number of aromatic amines is 1. The maximum atomic E-state index is 11.3. The highest BCUT2D eigenvalue weighted by Gasteiger charge is 2.18. The molecule has 0 atom stereocenters. The molecule has 0 radical (unpaired) electrons. The van der Waals surface area contributed by atoms with E-state index in [1.807, 2.05) is 13.8 Å². The van der Waals surface area contributed by atoms with E-state index < -0.39 is 0 Å². The maximum absolute atomic E-state index is 11.3. The minimum absolute atomic E-state index is 0.225. The second-order valence-corrected chi connectivity index (χ2v) is 3.71. The first kappa shape index (κ1) is 10.7. The zero-order valence-electron chi connectivity index (χ0n) is 8.63. The third-order valence-electron chi connectivity index (χ3n) is 1.67. The lowest BCUT2D eigenvalue weighted by Crippen LogP contribution is -2.38. The van der Waals surface area contributed by atoms with Gasteiger partial charge in [0.05, 0.1) is 12.1 Å². The highest BCUT2D eigenvalue weighted by Crippen LogP contribution is 2.08. The minimum atomic E-state index is -0.309. The lowest BCUT2D eigenvalue weighted by atomic mass is 10.1. The number of hydrogen-bond donors (Lipinski definition) is 2. The molecular formula is C9H15N3O2. The predicted octanol–water partition coefficient (Wildman–Crippen LogP) is 0.607. The molecule has 0 saturated carbocycles. The van der Waals surface area contributed by atoms with Crippen molar-refractivity contribution < 1.29 is 4.74 Å². The van der Waals surface area contributed by atoms with Crippen LogP contribution in [0.5, 0.6) is 0 Å². The van der Waals surface area contributed by atoms with E-state index in [9.17, 15) is 4.79 Å². The Balaban J connectivity index is 2.78. The van der Waals surface area contributed by atoms with Gasteiger partial charge < -0.3 is 15.0 Å². The molecule has 0 saturated heterocycles. The highest BCUT2D eigenvalue weighted by atomic mass is 16.5. The molecule has 0 amide bonds. The van der Waals surface area contributed by atoms with Gasteiger partial charge in [-0.1, -0.05) is 0 Å². The van der Waals surface area contributed by atoms with E-state index in [4.69, 9.17) is 4.74 Å². The third kappa shape index (κ3) is 2.85. The molecule has 0 aliphatic heterocycles. The Hall–Kier alpha value is -1.36. The van der Waals surface area contributed by atoms with Crippen LogP contribution >= 0.6 is 0 Å². The van der Waals surface area contributed by atoms with Crippen molar-refractivity contribution in [3.05, 3.63) is 22.7 Å². The van der Waals surface area contributed by atoms with E-state index in [1.54, 1.807) is 7.11 Å². The van der Waals surface area contributed by atoms with Gasteiger partial charge in [-0.3, -0.25) is 4.79 Å². The van der Waals surface area contributed by atoms with Crippen LogP contribution < -0.4 is 10.9 Å². The van der Waals surface area contributed by atoms with Gasteiger partial charge in [0, 0.05) is 19.5 Å². The molecule has 78 valence electrons. The molecule has 0 bridgehead atoms. The molecule has 1 aromatic rings. The van der Waals surface area contributed by atoms with Crippen LogP contribution in [0.2, 0.25) is 0 Å². The standard InChI is InChI=1S/C9H15N3O2/c1-9(2,6-14-3)12-7-8(13)11-5-4-10-7/h4-5H,6H2,1-3H3,(H,10,12)(H,11,13). The smallest absolute Gasteiger partial charge is 0.290 e. The Bertz CT molecular complexity index is 346. The summed E-state index contributed by atoms with van der Waals surface area (Å²) >= 11 is 0. The Labute approximate surface area is 82.5 Å². The summed E-state index contributed by atoms with van der Waals surface area (Å²) in [5, 5.41) is 3.01. The number of ether oxygens (including phenoxy) is 1. The Morgan fingerprint density at radius 2 is 2.36 bits per heavy atom. The number of anilines is 1. The first-order valence-corrected chi connectivity index (χ1v) is 4.36. The Morgan fingerprint density at radius 1 is 1.64 bits per heavy atom. The lowest BCUT2D eigenvalue weighted by Gasteiger charge is -2.25. The average Bonchev–Trinajstić information content (AvgIpc) is 2.08. The second kappa shape index (κ2) is 4.23. The van der Waals surface area contributed by atoms with Crippen LogP contribution in [-0.4, -0.2) is 29.2 Å². The fourth-order valence-electron chi connectivity index (χ4n) is 1.16. The summed E-state index contributed by atoms with van der Waals surface area (Å²) < 4.78 is 5.02. The zero-order chi connectivity index (χ0) is 10.6. The van der Waals surface area contributed by atoms with Crippen molar-refractivity contribution in [2.75, 3.05) is 19.0 Å². The van der Waals surface area contributed by atoms with Crippen molar-refractivity contribution in [3.63, 3.8) is 0 Å². The zero-order valence-corrected chi connectivity index (χ0v) is 8.63. The lowest BCUT2D eigenvalue weighted by molar-refractivity contribution is 0.158. The monoisotopic (exact) mass is 197 g/mol. The van der Waals surface area contributed by atoms with Crippen LogP contribution in [0.1, 0.15) is 13.8 Å². The third-order valence-corrected chi connectivity index (χ3v) is 1.67. The maximum Gasteiger partial charge on any atom is 0.290 e. The van der Waals surface area contributed by atoms with Gasteiger partial charge in [-0.05, 0) is 13.8 Å². The van der Waals surface area contributed by atoms with E-state index in [2.05, 4.69) is 15.3 Å². The van der Waals surface area contributed by atoms with E-state index in [1.165, 1.54) is 12.4 Å². The quantitative estimate of drug-likeness (QED) is 0.742. The van der Waals surface area contributed by atoms with E-state index in [-0.39, 0.29) is 11.1 Å². The number of H-pyrrole nitrogens is 1. The molecule has 0 aliphatic carbocycles. The molecule has 0 unspecified atom stereocenters. The topological polar surface area (TPSA) is 67.0 Å². The summed E-state index contributed by atoms with van der Waals surface area (Å²) in [5.41, 5.74) is -0.535. The summed E-state index contributed by atoms with van der Waals surface area (Å²) in [6, 6.07) is 0. The van der Waals surface area contributed by atoms with Gasteiger partial charge in [0.2, 0.25) is 0 Å². The van der Waals surface area contributed by atoms with Crippen LogP contribution in [0.3, 0.4) is 0 Å². The van der Waals surface area contributed by atoms with Crippen LogP contribution in [0.25, 0.3) is 0 Å². The van der Waals surface area contributed by atoms with Crippen LogP contribution in [0.15, 0.2) is 17.2 Å². The van der Waals surface area contributed by atoms with Gasteiger partial charge in [-0.15, -0.1) is 0 Å². The van der Waals surface area contributed by atoms with Gasteiger partial charge in [-0.25, -0.2) is 4.98 Å². The van der Waals surface area contributed by atoms with E-state index in [0.717, 1.165) is 0 Å². The van der Waals surface area contributed by atoms with Gasteiger partial charge in [0.25, 0.3) is 5.56 Å². The molecule has 14 heavy (non-hydrogen) atoms. The number of rotatable bonds is 4. The van der Waals surface area contributed by atoms with E-state index >= 15 is 0 Å². The highest BCUT2D eigenvalue weighted by molar-refractivity contribution is 5.33. The van der Waals surface area contributed by atoms with Crippen molar-refractivity contribution in [1.29, 1.82) is 0 Å². The summed E-state index contributed by atoms with van der Waals surface area (Å²) in [6.07, 6.45) is 3.03. The molecule has 0 aliphatic rings. The molecule has 5 nitrogen and oxygen atoms in total. The summed E-state index contributed by atoms with van der Waals surface area (Å²) in [7, 11) is 1.62. The van der Waals surface area contributed by atoms with Crippen molar-refractivity contribution in [1.82, 2.24) is 9.97 Å². The normalized spacial score (nSPS) is 11.4. The van der Waals surface area contributed by atoms with Crippen LogP contribution in [-0.2, 0) is 4.74 Å². The average molecular weight is 197 g/mol. The molecule has 1 rings (SSSR count). The molecule has 0 fully saturated rings. The van der Waals surface area contributed by atoms with E-state index in [0.29, 0.717) is 12.4 Å². The number of methoxy groups -OCH3 is 1. The molecule has 0 aromatic carbocycles. The Kier molecular flexibility index (Phi) is 3.24. The Morgan fingerprint density at radius 3 is 2.93 bits per heavy atom. The van der Waals surface area contributed by atoms with Crippen molar-refractivity contribution in [2.24, 2.45) is 0 Å². The van der Waals surface area contributed by atoms with Crippen molar-refractivity contribution >= 4 is 5.82 Å².